The second-order valence-corrected chi connectivity index (χ2v) is 7.35. The molecule has 2 bridgehead atoms. The molecule has 0 saturated carbocycles. The molecule has 20 heavy (non-hydrogen) atoms. The molecule has 2 heteroatoms. The summed E-state index contributed by atoms with van der Waals surface area (Å²) in [6.45, 7) is 2.27. The topological polar surface area (TPSA) is 32.3 Å². The molecule has 2 atom stereocenters. The van der Waals surface area contributed by atoms with E-state index >= 15 is 0 Å². The van der Waals surface area contributed by atoms with E-state index in [9.17, 15) is 5.11 Å². The highest BCUT2D eigenvalue weighted by atomic mass is 16.3. The van der Waals surface area contributed by atoms with Crippen molar-refractivity contribution in [1.82, 2.24) is 5.32 Å². The summed E-state index contributed by atoms with van der Waals surface area (Å²) in [4.78, 5) is 0. The summed E-state index contributed by atoms with van der Waals surface area (Å²) >= 11 is 0. The molecule has 2 aliphatic heterocycles. The van der Waals surface area contributed by atoms with Crippen LogP contribution < -0.4 is 5.32 Å². The molecular weight excluding hydrogens is 246 g/mol. The van der Waals surface area contributed by atoms with Gasteiger partial charge in [0, 0.05) is 12.1 Å². The van der Waals surface area contributed by atoms with E-state index in [0.29, 0.717) is 12.1 Å². The van der Waals surface area contributed by atoms with Gasteiger partial charge in [-0.15, -0.1) is 0 Å². The second-order valence-electron chi connectivity index (χ2n) is 7.35. The number of fused-ring (bicyclic) bond motifs is 2. The fraction of sp³-hybridized carbons (Fsp3) is 1.00. The first kappa shape index (κ1) is 16.3. The number of hydrogen-bond acceptors (Lipinski definition) is 2. The zero-order valence-electron chi connectivity index (χ0n) is 13.5. The van der Waals surface area contributed by atoms with Crippen LogP contribution in [-0.4, -0.2) is 22.8 Å². The Labute approximate surface area is 125 Å². The lowest BCUT2D eigenvalue weighted by Gasteiger charge is -2.45. The van der Waals surface area contributed by atoms with E-state index in [0.717, 1.165) is 19.3 Å². The van der Waals surface area contributed by atoms with E-state index in [1.165, 1.54) is 70.6 Å². The standard InChI is InChI=1S/C18H35NO/c1-2-3-4-5-6-7-8-9-13-18(20)14-16-11-10-12-17(15-18)19-16/h16-17,19-20H,2-15H2,1H3. The van der Waals surface area contributed by atoms with Crippen molar-refractivity contribution in [3.05, 3.63) is 0 Å². The number of aliphatic hydroxyl groups is 1. The maximum atomic E-state index is 10.8. The van der Waals surface area contributed by atoms with Crippen molar-refractivity contribution in [3.63, 3.8) is 0 Å². The van der Waals surface area contributed by atoms with Crippen molar-refractivity contribution in [1.29, 1.82) is 0 Å². The lowest BCUT2D eigenvalue weighted by atomic mass is 9.75. The highest BCUT2D eigenvalue weighted by molar-refractivity contribution is 4.97. The van der Waals surface area contributed by atoms with E-state index in [2.05, 4.69) is 12.2 Å². The molecule has 0 aromatic carbocycles. The fourth-order valence-electron chi connectivity index (χ4n) is 4.23. The molecule has 0 spiro atoms. The van der Waals surface area contributed by atoms with E-state index < -0.39 is 0 Å². The summed E-state index contributed by atoms with van der Waals surface area (Å²) in [7, 11) is 0. The lowest BCUT2D eigenvalue weighted by molar-refractivity contribution is -0.0387. The van der Waals surface area contributed by atoms with Crippen LogP contribution in [-0.2, 0) is 0 Å². The van der Waals surface area contributed by atoms with Crippen molar-refractivity contribution in [2.75, 3.05) is 0 Å². The summed E-state index contributed by atoms with van der Waals surface area (Å²) in [5.41, 5.74) is -0.344. The van der Waals surface area contributed by atoms with Crippen molar-refractivity contribution in [2.24, 2.45) is 0 Å². The first-order valence-corrected chi connectivity index (χ1v) is 9.20. The molecular formula is C18H35NO. The predicted octanol–water partition coefficient (Wildman–Crippen LogP) is 4.55. The average Bonchev–Trinajstić information content (AvgIpc) is 2.41. The van der Waals surface area contributed by atoms with Gasteiger partial charge >= 0.3 is 0 Å². The van der Waals surface area contributed by atoms with Crippen molar-refractivity contribution >= 4 is 0 Å². The van der Waals surface area contributed by atoms with Crippen molar-refractivity contribution in [2.45, 2.75) is 114 Å². The van der Waals surface area contributed by atoms with Crippen LogP contribution in [0.4, 0.5) is 0 Å². The smallest absolute Gasteiger partial charge is 0.0677 e. The lowest BCUT2D eigenvalue weighted by Crippen LogP contribution is -2.55. The third-order valence-corrected chi connectivity index (χ3v) is 5.32. The van der Waals surface area contributed by atoms with Gasteiger partial charge in [-0.2, -0.15) is 0 Å². The quantitative estimate of drug-likeness (QED) is 0.608. The Morgan fingerprint density at radius 2 is 1.45 bits per heavy atom. The minimum absolute atomic E-state index is 0.344. The van der Waals surface area contributed by atoms with Crippen LogP contribution in [0, 0.1) is 0 Å². The molecule has 118 valence electrons. The predicted molar refractivity (Wildman–Crippen MR) is 86.0 cm³/mol. The van der Waals surface area contributed by atoms with Gasteiger partial charge in [-0.1, -0.05) is 64.7 Å². The minimum Gasteiger partial charge on any atom is -0.390 e. The molecule has 0 aromatic heterocycles. The molecule has 2 unspecified atom stereocenters. The summed E-state index contributed by atoms with van der Waals surface area (Å²) in [6, 6.07) is 1.20. The molecule has 0 amide bonds. The highest BCUT2D eigenvalue weighted by Gasteiger charge is 2.39. The molecule has 2 heterocycles. The van der Waals surface area contributed by atoms with Gasteiger partial charge in [0.25, 0.3) is 0 Å². The van der Waals surface area contributed by atoms with Gasteiger partial charge in [-0.25, -0.2) is 0 Å². The van der Waals surface area contributed by atoms with Gasteiger partial charge in [0.05, 0.1) is 5.60 Å². The van der Waals surface area contributed by atoms with Crippen LogP contribution in [0.5, 0.6) is 0 Å². The summed E-state index contributed by atoms with van der Waals surface area (Å²) in [5, 5.41) is 14.5. The Bertz CT molecular complexity index is 254. The molecule has 0 radical (unpaired) electrons. The molecule has 0 aromatic rings. The maximum Gasteiger partial charge on any atom is 0.0677 e. The number of unbranched alkanes of at least 4 members (excludes halogenated alkanes) is 7. The van der Waals surface area contributed by atoms with Crippen LogP contribution >= 0.6 is 0 Å². The molecule has 2 saturated heterocycles. The third kappa shape index (κ3) is 5.37. The van der Waals surface area contributed by atoms with Crippen LogP contribution in [0.3, 0.4) is 0 Å². The highest BCUT2D eigenvalue weighted by Crippen LogP contribution is 2.35. The minimum atomic E-state index is -0.344. The van der Waals surface area contributed by atoms with Crippen molar-refractivity contribution < 1.29 is 5.11 Å². The van der Waals surface area contributed by atoms with Gasteiger partial charge < -0.3 is 10.4 Å². The number of rotatable bonds is 9. The number of nitrogens with one attached hydrogen (secondary N) is 1. The number of hydrogen-bond donors (Lipinski definition) is 2. The normalized spacial score (nSPS) is 33.3. The molecule has 2 N–H and O–H groups in total. The van der Waals surface area contributed by atoms with Crippen LogP contribution in [0.1, 0.15) is 96.8 Å². The third-order valence-electron chi connectivity index (χ3n) is 5.32. The Balaban J connectivity index is 1.54. The van der Waals surface area contributed by atoms with E-state index in [1.54, 1.807) is 0 Å². The zero-order chi connectivity index (χ0) is 14.3. The van der Waals surface area contributed by atoms with Gasteiger partial charge in [-0.3, -0.25) is 0 Å². The SMILES string of the molecule is CCCCCCCCCCC1(O)CC2CCCC(C1)N2. The molecule has 0 aliphatic carbocycles. The summed E-state index contributed by atoms with van der Waals surface area (Å²) < 4.78 is 0. The maximum absolute atomic E-state index is 10.8. The molecule has 2 nitrogen and oxygen atoms in total. The Hall–Kier alpha value is -0.0800. The van der Waals surface area contributed by atoms with E-state index in [4.69, 9.17) is 0 Å². The average molecular weight is 281 g/mol. The van der Waals surface area contributed by atoms with Crippen LogP contribution in [0.2, 0.25) is 0 Å². The monoisotopic (exact) mass is 281 g/mol. The summed E-state index contributed by atoms with van der Waals surface area (Å²) in [5.74, 6) is 0. The summed E-state index contributed by atoms with van der Waals surface area (Å²) in [6.07, 6.45) is 17.8. The van der Waals surface area contributed by atoms with E-state index in [-0.39, 0.29) is 5.60 Å². The van der Waals surface area contributed by atoms with Crippen LogP contribution in [0.15, 0.2) is 0 Å². The van der Waals surface area contributed by atoms with E-state index in [1.807, 2.05) is 0 Å². The Kier molecular flexibility index (Phi) is 6.83. The molecule has 2 rings (SSSR count). The molecule has 2 aliphatic rings. The second kappa shape index (κ2) is 8.38. The fourth-order valence-corrected chi connectivity index (χ4v) is 4.23. The largest absolute Gasteiger partial charge is 0.390 e. The Morgan fingerprint density at radius 3 is 2.05 bits per heavy atom. The number of piperidine rings is 2. The Morgan fingerprint density at radius 1 is 0.900 bits per heavy atom. The van der Waals surface area contributed by atoms with Gasteiger partial charge in [-0.05, 0) is 32.1 Å². The van der Waals surface area contributed by atoms with Crippen molar-refractivity contribution in [3.8, 4) is 0 Å². The zero-order valence-corrected chi connectivity index (χ0v) is 13.5. The van der Waals surface area contributed by atoms with Gasteiger partial charge in [0.15, 0.2) is 0 Å². The van der Waals surface area contributed by atoms with Crippen LogP contribution in [0.25, 0.3) is 0 Å². The first-order valence-electron chi connectivity index (χ1n) is 9.20. The molecule has 2 fully saturated rings. The van der Waals surface area contributed by atoms with Gasteiger partial charge in [0.2, 0.25) is 0 Å². The van der Waals surface area contributed by atoms with Gasteiger partial charge in [0.1, 0.15) is 0 Å². The first-order chi connectivity index (χ1) is 9.72.